The van der Waals surface area contributed by atoms with Crippen molar-refractivity contribution in [2.75, 3.05) is 22.1 Å². The molecule has 0 heterocycles. The lowest BCUT2D eigenvalue weighted by molar-refractivity contribution is -0.112. The maximum Gasteiger partial charge on any atom is 0.247 e. The molecule has 2 aromatic carbocycles. The van der Waals surface area contributed by atoms with Crippen molar-refractivity contribution < 1.29 is 18.0 Å². The molecule has 2 atom stereocenters. The number of hydrogen-bond acceptors (Lipinski definition) is 4. The van der Waals surface area contributed by atoms with Gasteiger partial charge >= 0.3 is 0 Å². The average molecular weight is 509 g/mol. The van der Waals surface area contributed by atoms with Crippen molar-refractivity contribution in [2.45, 2.75) is 23.6 Å². The molecule has 0 aromatic heterocycles. The molecule has 2 rings (SSSR count). The van der Waals surface area contributed by atoms with Crippen molar-refractivity contribution in [3.63, 3.8) is 0 Å². The summed E-state index contributed by atoms with van der Waals surface area (Å²) in [5.41, 5.74) is 2.94. The molecular formula is C24H26Cl2N2O4S. The molecule has 0 radical (unpaired) electrons. The lowest BCUT2D eigenvalue weighted by Crippen LogP contribution is -2.26. The molecule has 0 aliphatic carbocycles. The fraction of sp³-hybridized carbons (Fsp3) is 0.250. The van der Waals surface area contributed by atoms with Crippen LogP contribution in [0.3, 0.4) is 0 Å². The number of carbonyl (C=O) groups excluding carboxylic acids is 2. The molecule has 0 saturated heterocycles. The molecule has 9 heteroatoms. The van der Waals surface area contributed by atoms with Gasteiger partial charge in [-0.1, -0.05) is 37.4 Å². The van der Waals surface area contributed by atoms with Gasteiger partial charge in [-0.3, -0.25) is 9.59 Å². The van der Waals surface area contributed by atoms with E-state index in [1.54, 1.807) is 48.5 Å². The van der Waals surface area contributed by atoms with Gasteiger partial charge in [0, 0.05) is 11.4 Å². The second kappa shape index (κ2) is 12.6. The van der Waals surface area contributed by atoms with Gasteiger partial charge in [-0.05, 0) is 60.4 Å². The van der Waals surface area contributed by atoms with Crippen LogP contribution in [0.1, 0.15) is 11.1 Å². The topological polar surface area (TPSA) is 92.3 Å². The lowest BCUT2D eigenvalue weighted by atomic mass is 10.1. The summed E-state index contributed by atoms with van der Waals surface area (Å²) in [6.45, 7) is 6.79. The SMILES string of the molecule is C=CC(=O)Nc1ccc(CC(Cl)CS(=O)(=O)CC(Cl)Cc2ccc(NC(=O)C=C)cc2)cc1. The number of halogens is 2. The lowest BCUT2D eigenvalue weighted by Gasteiger charge is -2.14. The zero-order valence-electron chi connectivity index (χ0n) is 18.0. The fourth-order valence-electron chi connectivity index (χ4n) is 3.08. The Morgan fingerprint density at radius 2 is 1.09 bits per heavy atom. The smallest absolute Gasteiger partial charge is 0.247 e. The first kappa shape index (κ1) is 26.6. The Labute approximate surface area is 204 Å². The van der Waals surface area contributed by atoms with Crippen LogP contribution in [0.25, 0.3) is 0 Å². The fourth-order valence-corrected chi connectivity index (χ4v) is 6.07. The van der Waals surface area contributed by atoms with Crippen molar-refractivity contribution in [1.29, 1.82) is 0 Å². The van der Waals surface area contributed by atoms with E-state index in [2.05, 4.69) is 23.8 Å². The normalized spacial score (nSPS) is 12.9. The van der Waals surface area contributed by atoms with Gasteiger partial charge in [0.2, 0.25) is 11.8 Å². The minimum Gasteiger partial charge on any atom is -0.323 e. The second-order valence-corrected chi connectivity index (χ2v) is 10.8. The van der Waals surface area contributed by atoms with Crippen LogP contribution in [0.4, 0.5) is 11.4 Å². The van der Waals surface area contributed by atoms with Gasteiger partial charge < -0.3 is 10.6 Å². The van der Waals surface area contributed by atoms with Crippen LogP contribution >= 0.6 is 23.2 Å². The van der Waals surface area contributed by atoms with E-state index in [4.69, 9.17) is 23.2 Å². The molecule has 0 aliphatic heterocycles. The summed E-state index contributed by atoms with van der Waals surface area (Å²) in [6, 6.07) is 14.0. The van der Waals surface area contributed by atoms with Crippen molar-refractivity contribution in [1.82, 2.24) is 0 Å². The molecule has 2 amide bonds. The molecule has 2 unspecified atom stereocenters. The van der Waals surface area contributed by atoms with E-state index in [-0.39, 0.29) is 23.3 Å². The van der Waals surface area contributed by atoms with Crippen LogP contribution in [0, 0.1) is 0 Å². The maximum absolute atomic E-state index is 12.6. The van der Waals surface area contributed by atoms with Crippen LogP contribution in [0.2, 0.25) is 0 Å². The van der Waals surface area contributed by atoms with E-state index in [0.29, 0.717) is 24.2 Å². The Morgan fingerprint density at radius 1 is 0.758 bits per heavy atom. The van der Waals surface area contributed by atoms with Crippen LogP contribution in [-0.2, 0) is 32.3 Å². The molecule has 6 nitrogen and oxygen atoms in total. The highest BCUT2D eigenvalue weighted by atomic mass is 35.5. The van der Waals surface area contributed by atoms with Crippen LogP contribution in [-0.4, -0.2) is 42.5 Å². The van der Waals surface area contributed by atoms with Crippen molar-refractivity contribution >= 4 is 56.2 Å². The second-order valence-electron chi connectivity index (χ2n) is 7.46. The van der Waals surface area contributed by atoms with E-state index in [1.807, 2.05) is 0 Å². The summed E-state index contributed by atoms with van der Waals surface area (Å²) in [5, 5.41) is 4.06. The van der Waals surface area contributed by atoms with Gasteiger partial charge in [0.05, 0.1) is 22.3 Å². The zero-order chi connectivity index (χ0) is 24.4. The number of anilines is 2. The predicted octanol–water partition coefficient (Wildman–Crippen LogP) is 4.35. The Kier molecular flexibility index (Phi) is 10.2. The minimum atomic E-state index is -3.48. The molecule has 0 aliphatic rings. The number of sulfone groups is 1. The first-order valence-corrected chi connectivity index (χ1v) is 12.8. The van der Waals surface area contributed by atoms with E-state index in [9.17, 15) is 18.0 Å². The number of alkyl halides is 2. The number of amides is 2. The van der Waals surface area contributed by atoms with Crippen molar-refractivity contribution in [3.05, 3.63) is 85.0 Å². The average Bonchev–Trinajstić information content (AvgIpc) is 2.75. The Balaban J connectivity index is 1.85. The Hall–Kier alpha value is -2.61. The van der Waals surface area contributed by atoms with Crippen molar-refractivity contribution in [3.8, 4) is 0 Å². The molecule has 33 heavy (non-hydrogen) atoms. The first-order chi connectivity index (χ1) is 15.6. The third kappa shape index (κ3) is 9.82. The third-order valence-electron chi connectivity index (χ3n) is 4.60. The van der Waals surface area contributed by atoms with Gasteiger partial charge in [-0.2, -0.15) is 0 Å². The van der Waals surface area contributed by atoms with Crippen molar-refractivity contribution in [2.24, 2.45) is 0 Å². The number of rotatable bonds is 12. The quantitative estimate of drug-likeness (QED) is 0.329. The summed E-state index contributed by atoms with van der Waals surface area (Å²) in [4.78, 5) is 22.6. The van der Waals surface area contributed by atoms with E-state index in [0.717, 1.165) is 11.1 Å². The number of hydrogen-bond donors (Lipinski definition) is 2. The van der Waals surface area contributed by atoms with Gasteiger partial charge in [0.1, 0.15) is 0 Å². The highest BCUT2D eigenvalue weighted by Crippen LogP contribution is 2.18. The van der Waals surface area contributed by atoms with Crippen LogP contribution in [0.5, 0.6) is 0 Å². The highest BCUT2D eigenvalue weighted by molar-refractivity contribution is 7.91. The highest BCUT2D eigenvalue weighted by Gasteiger charge is 2.22. The zero-order valence-corrected chi connectivity index (χ0v) is 20.3. The van der Waals surface area contributed by atoms with Crippen LogP contribution < -0.4 is 10.6 Å². The molecule has 2 aromatic rings. The minimum absolute atomic E-state index is 0.195. The maximum atomic E-state index is 12.6. The van der Waals surface area contributed by atoms with Gasteiger partial charge in [-0.25, -0.2) is 8.42 Å². The number of benzene rings is 2. The Morgan fingerprint density at radius 3 is 1.39 bits per heavy atom. The Bertz CT molecular complexity index is 1000. The van der Waals surface area contributed by atoms with Gasteiger partial charge in [-0.15, -0.1) is 23.2 Å². The summed E-state index contributed by atoms with van der Waals surface area (Å²) >= 11 is 12.6. The standard InChI is InChI=1S/C24H26Cl2N2O4S/c1-3-23(29)27-21-9-5-17(6-10-21)13-19(25)15-33(31,32)16-20(26)14-18-7-11-22(12-8-18)28-24(30)4-2/h3-12,19-20H,1-2,13-16H2,(H,27,29)(H,28,30). The van der Waals surface area contributed by atoms with E-state index >= 15 is 0 Å². The largest absolute Gasteiger partial charge is 0.323 e. The number of carbonyl (C=O) groups is 2. The predicted molar refractivity (Wildman–Crippen MR) is 136 cm³/mol. The molecule has 0 spiro atoms. The third-order valence-corrected chi connectivity index (χ3v) is 7.40. The summed E-state index contributed by atoms with van der Waals surface area (Å²) in [5.74, 6) is -1.01. The van der Waals surface area contributed by atoms with Gasteiger partial charge in [0.25, 0.3) is 0 Å². The van der Waals surface area contributed by atoms with E-state index in [1.165, 1.54) is 12.2 Å². The van der Waals surface area contributed by atoms with Gasteiger partial charge in [0.15, 0.2) is 9.84 Å². The molecule has 176 valence electrons. The molecule has 2 N–H and O–H groups in total. The molecular weight excluding hydrogens is 483 g/mol. The molecule has 0 fully saturated rings. The molecule has 0 bridgehead atoms. The monoisotopic (exact) mass is 508 g/mol. The number of nitrogens with one attached hydrogen (secondary N) is 2. The molecule has 0 saturated carbocycles. The van der Waals surface area contributed by atoms with Crippen LogP contribution in [0.15, 0.2) is 73.8 Å². The summed E-state index contributed by atoms with van der Waals surface area (Å²) < 4.78 is 25.1. The first-order valence-electron chi connectivity index (χ1n) is 10.1. The summed E-state index contributed by atoms with van der Waals surface area (Å²) in [7, 11) is -3.48. The van der Waals surface area contributed by atoms with E-state index < -0.39 is 20.6 Å². The summed E-state index contributed by atoms with van der Waals surface area (Å²) in [6.07, 6.45) is 3.08.